The first-order valence-electron chi connectivity index (χ1n) is 9.65. The molecule has 0 bridgehead atoms. The van der Waals surface area contributed by atoms with Gasteiger partial charge in [0.05, 0.1) is 6.61 Å². The van der Waals surface area contributed by atoms with E-state index in [-0.39, 0.29) is 25.3 Å². The lowest BCUT2D eigenvalue weighted by Crippen LogP contribution is -2.43. The van der Waals surface area contributed by atoms with Gasteiger partial charge in [0.25, 0.3) is 11.8 Å². The number of hydrogen-bond donors (Lipinski definition) is 3. The summed E-state index contributed by atoms with van der Waals surface area (Å²) in [5.74, 6) is -1.74. The van der Waals surface area contributed by atoms with E-state index in [1.807, 2.05) is 13.0 Å². The quantitative estimate of drug-likeness (QED) is 0.530. The second kappa shape index (κ2) is 8.93. The zero-order valence-electron chi connectivity index (χ0n) is 16.3. The van der Waals surface area contributed by atoms with Crippen molar-refractivity contribution in [3.05, 3.63) is 34.7 Å². The van der Waals surface area contributed by atoms with Crippen molar-refractivity contribution in [3.63, 3.8) is 0 Å². The van der Waals surface area contributed by atoms with Gasteiger partial charge in [0.1, 0.15) is 17.9 Å². The lowest BCUT2D eigenvalue weighted by Gasteiger charge is -2.28. The molecule has 1 aliphatic heterocycles. The molecule has 3 N–H and O–H groups in total. The Morgan fingerprint density at radius 3 is 2.79 bits per heavy atom. The molecule has 2 heterocycles. The summed E-state index contributed by atoms with van der Waals surface area (Å²) in [5.41, 5.74) is 1.22. The van der Waals surface area contributed by atoms with Gasteiger partial charge in [0, 0.05) is 31.3 Å². The average molecular weight is 403 g/mol. The number of aliphatic carboxylic acids is 1. The summed E-state index contributed by atoms with van der Waals surface area (Å²) in [7, 11) is 0. The van der Waals surface area contributed by atoms with Crippen molar-refractivity contribution in [2.24, 2.45) is 5.92 Å². The van der Waals surface area contributed by atoms with Gasteiger partial charge in [-0.15, -0.1) is 0 Å². The van der Waals surface area contributed by atoms with Crippen LogP contribution in [-0.4, -0.2) is 57.6 Å². The minimum Gasteiger partial charge on any atom is -0.511 e. The number of aliphatic hydroxyl groups is 1. The molecule has 29 heavy (non-hydrogen) atoms. The monoisotopic (exact) mass is 403 g/mol. The van der Waals surface area contributed by atoms with E-state index >= 15 is 0 Å². The molecular formula is C20H25N3O6. The summed E-state index contributed by atoms with van der Waals surface area (Å²) in [6.07, 6.45) is 5.34. The number of ether oxygens (including phenoxy) is 1. The van der Waals surface area contributed by atoms with Crippen LogP contribution >= 0.6 is 0 Å². The number of nitrogens with one attached hydrogen (secondary N) is 1. The van der Waals surface area contributed by atoms with E-state index in [0.717, 1.165) is 23.5 Å². The van der Waals surface area contributed by atoms with Crippen LogP contribution in [0.15, 0.2) is 23.6 Å². The number of aromatic nitrogens is 1. The zero-order chi connectivity index (χ0) is 21.0. The Bertz CT molecular complexity index is 847. The van der Waals surface area contributed by atoms with Crippen LogP contribution in [0.2, 0.25) is 0 Å². The number of aliphatic hydroxyl groups excluding tert-OH is 1. The van der Waals surface area contributed by atoms with Gasteiger partial charge < -0.3 is 25.2 Å². The third kappa shape index (κ3) is 5.46. The Labute approximate surface area is 168 Å². The molecule has 2 amide bonds. The van der Waals surface area contributed by atoms with Crippen LogP contribution in [0.4, 0.5) is 0 Å². The second-order valence-corrected chi connectivity index (χ2v) is 7.42. The summed E-state index contributed by atoms with van der Waals surface area (Å²) in [5, 5.41) is 20.7. The van der Waals surface area contributed by atoms with Gasteiger partial charge in [0.2, 0.25) is 5.88 Å². The summed E-state index contributed by atoms with van der Waals surface area (Å²) >= 11 is 0. The normalized spacial score (nSPS) is 16.7. The maximum Gasteiger partial charge on any atom is 0.322 e. The van der Waals surface area contributed by atoms with E-state index in [0.29, 0.717) is 12.5 Å². The zero-order valence-corrected chi connectivity index (χ0v) is 16.3. The van der Waals surface area contributed by atoms with E-state index in [1.165, 1.54) is 17.7 Å². The van der Waals surface area contributed by atoms with E-state index in [2.05, 4.69) is 10.3 Å². The third-order valence-corrected chi connectivity index (χ3v) is 4.96. The standard InChI is InChI=1S/C20H25N3O6/c1-12-8-14(9-22-19(12)29-7-5-13-2-3-13)11-23-6-4-15(24)17(20(23)28)18(27)21-10-16(25)26/h8-9,13,24H,2-7,10-11H2,1H3,(H,21,27)(H,25,26). The first-order valence-corrected chi connectivity index (χ1v) is 9.65. The molecule has 9 heteroatoms. The van der Waals surface area contributed by atoms with Crippen LogP contribution < -0.4 is 10.1 Å². The molecule has 1 fully saturated rings. The van der Waals surface area contributed by atoms with Crippen LogP contribution in [0.1, 0.15) is 36.8 Å². The highest BCUT2D eigenvalue weighted by Crippen LogP contribution is 2.32. The predicted octanol–water partition coefficient (Wildman–Crippen LogP) is 1.31. The Kier molecular flexibility index (Phi) is 6.36. The molecular weight excluding hydrogens is 378 g/mol. The number of carboxylic acid groups (broad SMARTS) is 1. The number of nitrogens with zero attached hydrogens (tertiary/aromatic N) is 2. The molecule has 156 valence electrons. The van der Waals surface area contributed by atoms with E-state index in [4.69, 9.17) is 9.84 Å². The van der Waals surface area contributed by atoms with Gasteiger partial charge in [-0.2, -0.15) is 0 Å². The molecule has 1 saturated carbocycles. The average Bonchev–Trinajstić information content (AvgIpc) is 3.48. The molecule has 0 aromatic carbocycles. The Morgan fingerprint density at radius 2 is 2.14 bits per heavy atom. The molecule has 0 atom stereocenters. The van der Waals surface area contributed by atoms with Crippen molar-refractivity contribution in [2.45, 2.75) is 39.2 Å². The second-order valence-electron chi connectivity index (χ2n) is 7.42. The third-order valence-electron chi connectivity index (χ3n) is 4.96. The molecule has 2 aliphatic rings. The summed E-state index contributed by atoms with van der Waals surface area (Å²) < 4.78 is 5.73. The van der Waals surface area contributed by atoms with Crippen LogP contribution in [-0.2, 0) is 20.9 Å². The van der Waals surface area contributed by atoms with Crippen LogP contribution in [0, 0.1) is 12.8 Å². The Balaban J connectivity index is 1.62. The lowest BCUT2D eigenvalue weighted by atomic mass is 10.0. The minimum absolute atomic E-state index is 0.121. The number of amides is 2. The van der Waals surface area contributed by atoms with Gasteiger partial charge in [-0.25, -0.2) is 4.98 Å². The molecule has 0 saturated heterocycles. The Hall–Kier alpha value is -3.10. The fraction of sp³-hybridized carbons (Fsp3) is 0.500. The maximum absolute atomic E-state index is 12.6. The van der Waals surface area contributed by atoms with Crippen molar-refractivity contribution >= 4 is 17.8 Å². The molecule has 0 unspecified atom stereocenters. The van der Waals surface area contributed by atoms with Gasteiger partial charge >= 0.3 is 5.97 Å². The van der Waals surface area contributed by atoms with Crippen LogP contribution in [0.5, 0.6) is 5.88 Å². The van der Waals surface area contributed by atoms with Crippen molar-refractivity contribution in [1.82, 2.24) is 15.2 Å². The minimum atomic E-state index is -1.24. The SMILES string of the molecule is Cc1cc(CN2CCC(O)=C(C(=O)NCC(=O)O)C2=O)cnc1OCCC1CC1. The smallest absolute Gasteiger partial charge is 0.322 e. The number of hydrogen-bond acceptors (Lipinski definition) is 6. The van der Waals surface area contributed by atoms with E-state index < -0.39 is 29.9 Å². The molecule has 3 rings (SSSR count). The number of carbonyl (C=O) groups is 3. The maximum atomic E-state index is 12.6. The number of carboxylic acids is 1. The predicted molar refractivity (Wildman–Crippen MR) is 102 cm³/mol. The largest absolute Gasteiger partial charge is 0.511 e. The van der Waals surface area contributed by atoms with Crippen LogP contribution in [0.3, 0.4) is 0 Å². The van der Waals surface area contributed by atoms with Gasteiger partial charge in [-0.3, -0.25) is 14.4 Å². The first kappa shape index (κ1) is 20.6. The number of pyridine rings is 1. The highest BCUT2D eigenvalue weighted by atomic mass is 16.5. The van der Waals surface area contributed by atoms with Gasteiger partial charge in [-0.1, -0.05) is 12.8 Å². The highest BCUT2D eigenvalue weighted by molar-refractivity contribution is 6.19. The number of rotatable bonds is 9. The number of aryl methyl sites for hydroxylation is 1. The van der Waals surface area contributed by atoms with Crippen molar-refractivity contribution in [3.8, 4) is 5.88 Å². The van der Waals surface area contributed by atoms with Gasteiger partial charge in [0.15, 0.2) is 0 Å². The molecule has 9 nitrogen and oxygen atoms in total. The first-order chi connectivity index (χ1) is 13.8. The van der Waals surface area contributed by atoms with Crippen molar-refractivity contribution < 1.29 is 29.3 Å². The number of carbonyl (C=O) groups excluding carboxylic acids is 2. The molecule has 1 aromatic rings. The van der Waals surface area contributed by atoms with Gasteiger partial charge in [-0.05, 0) is 30.9 Å². The summed E-state index contributed by atoms with van der Waals surface area (Å²) in [6, 6.07) is 1.88. The van der Waals surface area contributed by atoms with E-state index in [9.17, 15) is 19.5 Å². The fourth-order valence-electron chi connectivity index (χ4n) is 3.18. The topological polar surface area (TPSA) is 129 Å². The summed E-state index contributed by atoms with van der Waals surface area (Å²) in [6.45, 7) is 2.37. The molecule has 1 aliphatic carbocycles. The Morgan fingerprint density at radius 1 is 1.38 bits per heavy atom. The summed E-state index contributed by atoms with van der Waals surface area (Å²) in [4.78, 5) is 41.1. The van der Waals surface area contributed by atoms with E-state index in [1.54, 1.807) is 6.20 Å². The highest BCUT2D eigenvalue weighted by Gasteiger charge is 2.32. The lowest BCUT2D eigenvalue weighted by molar-refractivity contribution is -0.138. The molecule has 0 spiro atoms. The van der Waals surface area contributed by atoms with Crippen molar-refractivity contribution in [1.29, 1.82) is 0 Å². The fourth-order valence-corrected chi connectivity index (χ4v) is 3.18. The molecule has 0 radical (unpaired) electrons. The molecule has 1 aromatic heterocycles. The van der Waals surface area contributed by atoms with Crippen LogP contribution in [0.25, 0.3) is 0 Å². The van der Waals surface area contributed by atoms with Crippen molar-refractivity contribution in [2.75, 3.05) is 19.7 Å².